The minimum Gasteiger partial charge on any atom is -0.480 e. The number of nitro benzene ring substituents is 1. The Hall–Kier alpha value is -4.18. The van der Waals surface area contributed by atoms with Crippen molar-refractivity contribution in [1.82, 2.24) is 5.43 Å². The summed E-state index contributed by atoms with van der Waals surface area (Å²) >= 11 is 0. The normalized spacial score (nSPS) is 10.5. The van der Waals surface area contributed by atoms with E-state index in [-0.39, 0.29) is 17.9 Å². The van der Waals surface area contributed by atoms with Crippen LogP contribution in [0.2, 0.25) is 0 Å². The van der Waals surface area contributed by atoms with Crippen LogP contribution in [-0.4, -0.2) is 23.7 Å². The van der Waals surface area contributed by atoms with Crippen LogP contribution >= 0.6 is 0 Å². The van der Waals surface area contributed by atoms with Crippen LogP contribution < -0.4 is 10.2 Å². The van der Waals surface area contributed by atoms with E-state index >= 15 is 0 Å². The Morgan fingerprint density at radius 2 is 1.93 bits per heavy atom. The summed E-state index contributed by atoms with van der Waals surface area (Å²) in [6.07, 6.45) is 6.75. The Bertz CT molecular complexity index is 1100. The van der Waals surface area contributed by atoms with Crippen LogP contribution in [0, 0.1) is 22.5 Å². The first kappa shape index (κ1) is 18.6. The number of nitro groups is 1. The van der Waals surface area contributed by atoms with Crippen molar-refractivity contribution >= 4 is 28.6 Å². The van der Waals surface area contributed by atoms with Crippen molar-refractivity contribution in [3.05, 3.63) is 81.9 Å². The highest BCUT2D eigenvalue weighted by Crippen LogP contribution is 2.26. The van der Waals surface area contributed by atoms with Crippen molar-refractivity contribution in [1.29, 1.82) is 0 Å². The van der Waals surface area contributed by atoms with Gasteiger partial charge in [-0.15, -0.1) is 6.42 Å². The lowest BCUT2D eigenvalue weighted by molar-refractivity contribution is -0.384. The lowest BCUT2D eigenvalue weighted by atomic mass is 10.0. The maximum atomic E-state index is 12.2. The minimum atomic E-state index is -0.530. The van der Waals surface area contributed by atoms with Crippen molar-refractivity contribution in [3.8, 4) is 18.1 Å². The first-order valence-electron chi connectivity index (χ1n) is 8.26. The largest absolute Gasteiger partial charge is 0.480 e. The molecule has 0 radical (unpaired) electrons. The van der Waals surface area contributed by atoms with Gasteiger partial charge in [-0.2, -0.15) is 5.10 Å². The van der Waals surface area contributed by atoms with E-state index in [1.54, 1.807) is 6.07 Å². The highest BCUT2D eigenvalue weighted by Gasteiger charge is 2.10. The molecule has 138 valence electrons. The molecule has 3 aromatic rings. The number of amides is 1. The molecule has 0 bridgehead atoms. The van der Waals surface area contributed by atoms with E-state index < -0.39 is 10.8 Å². The van der Waals surface area contributed by atoms with E-state index in [1.807, 2.05) is 30.3 Å². The van der Waals surface area contributed by atoms with Crippen LogP contribution in [0.25, 0.3) is 10.8 Å². The Balaban J connectivity index is 1.83. The van der Waals surface area contributed by atoms with Gasteiger partial charge in [0.25, 0.3) is 11.6 Å². The van der Waals surface area contributed by atoms with Crippen LogP contribution in [-0.2, 0) is 0 Å². The summed E-state index contributed by atoms with van der Waals surface area (Å²) in [4.78, 5) is 22.3. The third kappa shape index (κ3) is 4.14. The summed E-state index contributed by atoms with van der Waals surface area (Å²) in [5.41, 5.74) is 3.25. The molecule has 0 aromatic heterocycles. The summed E-state index contributed by atoms with van der Waals surface area (Å²) < 4.78 is 5.57. The number of carbonyl (C=O) groups excluding carboxylic acids is 1. The molecule has 28 heavy (non-hydrogen) atoms. The number of terminal acetylenes is 1. The predicted octanol–water partition coefficient (Wildman–Crippen LogP) is 3.52. The molecule has 7 nitrogen and oxygen atoms in total. The standard InChI is InChI=1S/C21H15N3O4/c1-2-13-28-20-12-9-15-5-3-4-6-18(15)19(20)14-22-23-21(25)16-7-10-17(11-8-16)24(26)27/h1,3-12,14H,13H2,(H,23,25)/b22-14-. The smallest absolute Gasteiger partial charge is 0.271 e. The second kappa shape index (κ2) is 8.47. The molecule has 0 unspecified atom stereocenters. The fourth-order valence-corrected chi connectivity index (χ4v) is 2.61. The summed E-state index contributed by atoms with van der Waals surface area (Å²) in [6, 6.07) is 16.6. The molecule has 1 N–H and O–H groups in total. The van der Waals surface area contributed by atoms with Crippen molar-refractivity contribution in [2.24, 2.45) is 5.10 Å². The zero-order valence-corrected chi connectivity index (χ0v) is 14.7. The fraction of sp³-hybridized carbons (Fsp3) is 0.0476. The third-order valence-corrected chi connectivity index (χ3v) is 3.94. The highest BCUT2D eigenvalue weighted by atomic mass is 16.6. The number of nitrogens with zero attached hydrogens (tertiary/aromatic N) is 2. The van der Waals surface area contributed by atoms with Gasteiger partial charge in [0.05, 0.1) is 11.1 Å². The van der Waals surface area contributed by atoms with Crippen molar-refractivity contribution in [2.75, 3.05) is 6.61 Å². The quantitative estimate of drug-likeness (QED) is 0.310. The minimum absolute atomic E-state index is 0.0916. The number of rotatable bonds is 6. The molecule has 3 aromatic carbocycles. The van der Waals surface area contributed by atoms with Crippen LogP contribution in [0.15, 0.2) is 65.8 Å². The molecule has 0 saturated heterocycles. The van der Waals surface area contributed by atoms with E-state index in [4.69, 9.17) is 11.2 Å². The zero-order chi connectivity index (χ0) is 19.9. The van der Waals surface area contributed by atoms with E-state index in [2.05, 4.69) is 16.4 Å². The van der Waals surface area contributed by atoms with Gasteiger partial charge in [0.1, 0.15) is 12.4 Å². The number of hydrazone groups is 1. The molecule has 1 amide bonds. The van der Waals surface area contributed by atoms with Gasteiger partial charge in [-0.25, -0.2) is 5.43 Å². The van der Waals surface area contributed by atoms with Gasteiger partial charge < -0.3 is 4.74 Å². The van der Waals surface area contributed by atoms with E-state index in [1.165, 1.54) is 30.5 Å². The molecule has 0 aliphatic heterocycles. The first-order chi connectivity index (χ1) is 13.6. The van der Waals surface area contributed by atoms with Crippen molar-refractivity contribution in [2.45, 2.75) is 0 Å². The monoisotopic (exact) mass is 373 g/mol. The van der Waals surface area contributed by atoms with Gasteiger partial charge in [0, 0.05) is 23.3 Å². The van der Waals surface area contributed by atoms with Crippen LogP contribution in [0.4, 0.5) is 5.69 Å². The lowest BCUT2D eigenvalue weighted by Crippen LogP contribution is -2.17. The number of nitrogens with one attached hydrogen (secondary N) is 1. The second-order valence-corrected chi connectivity index (χ2v) is 5.69. The molecule has 0 fully saturated rings. The Labute approximate surface area is 160 Å². The van der Waals surface area contributed by atoms with Crippen LogP contribution in [0.1, 0.15) is 15.9 Å². The molecule has 0 aliphatic rings. The Kier molecular flexibility index (Phi) is 5.63. The average Bonchev–Trinajstić information content (AvgIpc) is 2.72. The maximum Gasteiger partial charge on any atom is 0.271 e. The summed E-state index contributed by atoms with van der Waals surface area (Å²) in [5.74, 6) is 2.47. The molecular formula is C21H15N3O4. The number of non-ortho nitro benzene ring substituents is 1. The molecule has 7 heteroatoms. The Morgan fingerprint density at radius 1 is 1.18 bits per heavy atom. The van der Waals surface area contributed by atoms with E-state index in [9.17, 15) is 14.9 Å². The van der Waals surface area contributed by atoms with Gasteiger partial charge in [-0.1, -0.05) is 36.3 Å². The van der Waals surface area contributed by atoms with Gasteiger partial charge >= 0.3 is 0 Å². The number of fused-ring (bicyclic) bond motifs is 1. The number of hydrogen-bond acceptors (Lipinski definition) is 5. The topological polar surface area (TPSA) is 93.8 Å². The van der Waals surface area contributed by atoms with Crippen LogP contribution in [0.3, 0.4) is 0 Å². The lowest BCUT2D eigenvalue weighted by Gasteiger charge is -2.09. The summed E-state index contributed by atoms with van der Waals surface area (Å²) in [7, 11) is 0. The predicted molar refractivity (Wildman–Crippen MR) is 106 cm³/mol. The first-order valence-corrected chi connectivity index (χ1v) is 8.26. The number of benzene rings is 3. The second-order valence-electron chi connectivity index (χ2n) is 5.69. The summed E-state index contributed by atoms with van der Waals surface area (Å²) in [5, 5.41) is 16.6. The maximum absolute atomic E-state index is 12.2. The van der Waals surface area contributed by atoms with E-state index in [0.29, 0.717) is 11.3 Å². The van der Waals surface area contributed by atoms with Crippen LogP contribution in [0.5, 0.6) is 5.75 Å². The van der Waals surface area contributed by atoms with Gasteiger partial charge in [-0.3, -0.25) is 14.9 Å². The molecule has 0 atom stereocenters. The fourth-order valence-electron chi connectivity index (χ4n) is 2.61. The van der Waals surface area contributed by atoms with E-state index in [0.717, 1.165) is 10.8 Å². The number of hydrogen-bond donors (Lipinski definition) is 1. The molecule has 0 spiro atoms. The Morgan fingerprint density at radius 3 is 2.64 bits per heavy atom. The molecular weight excluding hydrogens is 358 g/mol. The number of ether oxygens (including phenoxy) is 1. The highest BCUT2D eigenvalue weighted by molar-refractivity contribution is 6.03. The molecule has 0 heterocycles. The zero-order valence-electron chi connectivity index (χ0n) is 14.7. The molecule has 3 rings (SSSR count). The molecule has 0 saturated carbocycles. The van der Waals surface area contributed by atoms with Gasteiger partial charge in [-0.05, 0) is 29.0 Å². The third-order valence-electron chi connectivity index (χ3n) is 3.94. The number of carbonyl (C=O) groups is 1. The SMILES string of the molecule is C#CCOc1ccc2ccccc2c1/C=N\NC(=O)c1ccc([N+](=O)[O-])cc1. The molecule has 0 aliphatic carbocycles. The average molecular weight is 373 g/mol. The van der Waals surface area contributed by atoms with Gasteiger partial charge in [0.2, 0.25) is 0 Å². The summed E-state index contributed by atoms with van der Waals surface area (Å²) in [6.45, 7) is 0.105. The van der Waals surface area contributed by atoms with Gasteiger partial charge in [0.15, 0.2) is 0 Å². The van der Waals surface area contributed by atoms with Crippen molar-refractivity contribution < 1.29 is 14.5 Å². The van der Waals surface area contributed by atoms with Crippen molar-refractivity contribution in [3.63, 3.8) is 0 Å².